The number of nitrogens with one attached hydrogen (secondary N) is 1. The van der Waals surface area contributed by atoms with Crippen molar-refractivity contribution in [2.24, 2.45) is 11.7 Å². The van der Waals surface area contributed by atoms with Gasteiger partial charge in [-0.1, -0.05) is 6.42 Å². The van der Waals surface area contributed by atoms with Crippen LogP contribution >= 0.6 is 0 Å². The van der Waals surface area contributed by atoms with E-state index >= 15 is 0 Å². The summed E-state index contributed by atoms with van der Waals surface area (Å²) in [4.78, 5) is 0. The van der Waals surface area contributed by atoms with Gasteiger partial charge in [-0.25, -0.2) is 0 Å². The fourth-order valence-corrected chi connectivity index (χ4v) is 2.24. The summed E-state index contributed by atoms with van der Waals surface area (Å²) in [6.45, 7) is 1.22. The van der Waals surface area contributed by atoms with E-state index in [4.69, 9.17) is 5.73 Å². The van der Waals surface area contributed by atoms with Gasteiger partial charge in [-0.05, 0) is 44.6 Å². The van der Waals surface area contributed by atoms with Crippen molar-refractivity contribution in [3.63, 3.8) is 0 Å². The lowest BCUT2D eigenvalue weighted by Crippen LogP contribution is -2.37. The molecular formula is C10H20N2. The first-order chi connectivity index (χ1) is 5.84. The Morgan fingerprint density at radius 3 is 2.50 bits per heavy atom. The van der Waals surface area contributed by atoms with Crippen molar-refractivity contribution in [1.82, 2.24) is 5.32 Å². The van der Waals surface area contributed by atoms with Gasteiger partial charge in [0.15, 0.2) is 0 Å². The fraction of sp³-hybridized carbons (Fsp3) is 1.00. The molecule has 0 unspecified atom stereocenters. The van der Waals surface area contributed by atoms with Crippen LogP contribution in [0.15, 0.2) is 0 Å². The van der Waals surface area contributed by atoms with Crippen molar-refractivity contribution in [2.45, 2.75) is 50.6 Å². The van der Waals surface area contributed by atoms with Crippen LogP contribution < -0.4 is 11.1 Å². The van der Waals surface area contributed by atoms with E-state index in [-0.39, 0.29) is 0 Å². The molecule has 70 valence electrons. The van der Waals surface area contributed by atoms with E-state index in [1.807, 2.05) is 0 Å². The molecule has 0 aliphatic heterocycles. The van der Waals surface area contributed by atoms with Crippen LogP contribution in [0.4, 0.5) is 0 Å². The molecule has 0 aromatic rings. The molecule has 2 atom stereocenters. The molecule has 0 saturated heterocycles. The number of rotatable bonds is 3. The molecule has 0 radical (unpaired) electrons. The summed E-state index contributed by atoms with van der Waals surface area (Å²) in [5.74, 6) is 0.876. The molecule has 0 heterocycles. The van der Waals surface area contributed by atoms with Crippen LogP contribution in [-0.4, -0.2) is 18.6 Å². The Balaban J connectivity index is 1.60. The molecule has 2 aliphatic carbocycles. The van der Waals surface area contributed by atoms with E-state index in [1.54, 1.807) is 0 Å². The Labute approximate surface area is 74.9 Å². The van der Waals surface area contributed by atoms with E-state index in [9.17, 15) is 0 Å². The summed E-state index contributed by atoms with van der Waals surface area (Å²) in [6, 6.07) is 1.35. The van der Waals surface area contributed by atoms with E-state index in [0.29, 0.717) is 6.04 Å². The number of nitrogens with two attached hydrogens (primary N) is 1. The van der Waals surface area contributed by atoms with Crippen LogP contribution in [0.5, 0.6) is 0 Å². The summed E-state index contributed by atoms with van der Waals surface area (Å²) in [7, 11) is 0. The highest BCUT2D eigenvalue weighted by molar-refractivity contribution is 4.82. The molecule has 0 bridgehead atoms. The lowest BCUT2D eigenvalue weighted by atomic mass is 9.92. The number of hydrogen-bond acceptors (Lipinski definition) is 2. The summed E-state index contributed by atoms with van der Waals surface area (Å²) >= 11 is 0. The first-order valence-corrected chi connectivity index (χ1v) is 5.33. The highest BCUT2D eigenvalue weighted by Crippen LogP contribution is 2.25. The molecule has 0 spiro atoms. The normalized spacial score (nSPS) is 36.8. The van der Waals surface area contributed by atoms with Crippen molar-refractivity contribution in [3.8, 4) is 0 Å². The molecule has 0 aromatic heterocycles. The Hall–Kier alpha value is -0.0800. The molecule has 2 aliphatic rings. The van der Waals surface area contributed by atoms with E-state index < -0.39 is 0 Å². The fourth-order valence-electron chi connectivity index (χ4n) is 2.24. The SMILES string of the molecule is N[C@@H]1CC[C@H](CNC2CCC2)C1. The van der Waals surface area contributed by atoms with Gasteiger partial charge in [-0.15, -0.1) is 0 Å². The molecular weight excluding hydrogens is 148 g/mol. The van der Waals surface area contributed by atoms with E-state index in [2.05, 4.69) is 5.32 Å². The molecule has 2 heteroatoms. The zero-order valence-electron chi connectivity index (χ0n) is 7.76. The molecule has 3 N–H and O–H groups in total. The largest absolute Gasteiger partial charge is 0.328 e. The average molecular weight is 168 g/mol. The van der Waals surface area contributed by atoms with Gasteiger partial charge in [0.25, 0.3) is 0 Å². The van der Waals surface area contributed by atoms with Gasteiger partial charge < -0.3 is 11.1 Å². The van der Waals surface area contributed by atoms with Crippen LogP contribution in [0.1, 0.15) is 38.5 Å². The topological polar surface area (TPSA) is 38.0 Å². The van der Waals surface area contributed by atoms with Crippen LogP contribution in [-0.2, 0) is 0 Å². The average Bonchev–Trinajstić information content (AvgIpc) is 2.32. The lowest BCUT2D eigenvalue weighted by molar-refractivity contribution is 0.316. The highest BCUT2D eigenvalue weighted by Gasteiger charge is 2.23. The second kappa shape index (κ2) is 3.75. The van der Waals surface area contributed by atoms with Crippen molar-refractivity contribution in [2.75, 3.05) is 6.54 Å². The van der Waals surface area contributed by atoms with Gasteiger partial charge in [0, 0.05) is 12.1 Å². The lowest BCUT2D eigenvalue weighted by Gasteiger charge is -2.27. The maximum absolute atomic E-state index is 5.85. The van der Waals surface area contributed by atoms with Crippen LogP contribution in [0, 0.1) is 5.92 Å². The van der Waals surface area contributed by atoms with Crippen molar-refractivity contribution < 1.29 is 0 Å². The zero-order valence-corrected chi connectivity index (χ0v) is 7.76. The molecule has 2 saturated carbocycles. The molecule has 0 aromatic carbocycles. The zero-order chi connectivity index (χ0) is 8.39. The molecule has 0 amide bonds. The first kappa shape index (κ1) is 8.52. The monoisotopic (exact) mass is 168 g/mol. The predicted molar refractivity (Wildman–Crippen MR) is 51.0 cm³/mol. The van der Waals surface area contributed by atoms with Crippen LogP contribution in [0.2, 0.25) is 0 Å². The summed E-state index contributed by atoms with van der Waals surface area (Å²) in [6.07, 6.45) is 8.08. The minimum Gasteiger partial charge on any atom is -0.328 e. The Bertz CT molecular complexity index is 143. The number of hydrogen-bond donors (Lipinski definition) is 2. The van der Waals surface area contributed by atoms with Gasteiger partial charge in [0.05, 0.1) is 0 Å². The second-order valence-electron chi connectivity index (χ2n) is 4.48. The van der Waals surface area contributed by atoms with Crippen LogP contribution in [0.3, 0.4) is 0 Å². The maximum Gasteiger partial charge on any atom is 0.00671 e. The van der Waals surface area contributed by atoms with Gasteiger partial charge in [-0.2, -0.15) is 0 Å². The molecule has 2 fully saturated rings. The van der Waals surface area contributed by atoms with E-state index in [0.717, 1.165) is 12.0 Å². The summed E-state index contributed by atoms with van der Waals surface area (Å²) in [5, 5.41) is 3.63. The Kier molecular flexibility index (Phi) is 2.66. The first-order valence-electron chi connectivity index (χ1n) is 5.33. The van der Waals surface area contributed by atoms with Gasteiger partial charge in [0.1, 0.15) is 0 Å². The van der Waals surface area contributed by atoms with Crippen molar-refractivity contribution in [3.05, 3.63) is 0 Å². The van der Waals surface area contributed by atoms with Gasteiger partial charge in [-0.3, -0.25) is 0 Å². The molecule has 2 nitrogen and oxygen atoms in total. The predicted octanol–water partition coefficient (Wildman–Crippen LogP) is 1.26. The van der Waals surface area contributed by atoms with Crippen LogP contribution in [0.25, 0.3) is 0 Å². The second-order valence-corrected chi connectivity index (χ2v) is 4.48. The smallest absolute Gasteiger partial charge is 0.00671 e. The maximum atomic E-state index is 5.85. The van der Waals surface area contributed by atoms with Gasteiger partial charge >= 0.3 is 0 Å². The third kappa shape index (κ3) is 1.99. The minimum atomic E-state index is 0.498. The quantitative estimate of drug-likeness (QED) is 0.665. The summed E-state index contributed by atoms with van der Waals surface area (Å²) in [5.41, 5.74) is 5.85. The third-order valence-corrected chi connectivity index (χ3v) is 3.38. The highest BCUT2D eigenvalue weighted by atomic mass is 14.9. The van der Waals surface area contributed by atoms with Crippen molar-refractivity contribution in [1.29, 1.82) is 0 Å². The Morgan fingerprint density at radius 2 is 2.00 bits per heavy atom. The van der Waals surface area contributed by atoms with Gasteiger partial charge in [0.2, 0.25) is 0 Å². The van der Waals surface area contributed by atoms with E-state index in [1.165, 1.54) is 45.1 Å². The standard InChI is InChI=1S/C10H20N2/c11-9-5-4-8(6-9)7-12-10-2-1-3-10/h8-10,12H,1-7,11H2/t8-,9+/m0/s1. The Morgan fingerprint density at radius 1 is 1.17 bits per heavy atom. The molecule has 2 rings (SSSR count). The molecule has 12 heavy (non-hydrogen) atoms. The third-order valence-electron chi connectivity index (χ3n) is 3.38. The van der Waals surface area contributed by atoms with Crippen molar-refractivity contribution >= 4 is 0 Å². The minimum absolute atomic E-state index is 0.498. The summed E-state index contributed by atoms with van der Waals surface area (Å²) < 4.78 is 0.